The third kappa shape index (κ3) is 3.85. The van der Waals surface area contributed by atoms with Gasteiger partial charge in [0.2, 0.25) is 0 Å². The minimum atomic E-state index is 0.565. The molecule has 0 radical (unpaired) electrons. The molecule has 0 aliphatic carbocycles. The summed E-state index contributed by atoms with van der Waals surface area (Å²) in [6.45, 7) is 5.19. The van der Waals surface area contributed by atoms with Gasteiger partial charge in [0.25, 0.3) is 0 Å². The molecule has 0 unspecified atom stereocenters. The molecule has 5 nitrogen and oxygen atoms in total. The number of anilines is 3. The molecule has 5 heteroatoms. The van der Waals surface area contributed by atoms with E-state index in [1.165, 1.54) is 0 Å². The first-order valence-corrected chi connectivity index (χ1v) is 6.65. The normalized spacial score (nSPS) is 10.4. The fourth-order valence-corrected chi connectivity index (χ4v) is 1.72. The molecule has 0 amide bonds. The van der Waals surface area contributed by atoms with E-state index in [-0.39, 0.29) is 0 Å². The van der Waals surface area contributed by atoms with Crippen molar-refractivity contribution in [1.82, 2.24) is 9.97 Å². The first-order chi connectivity index (χ1) is 9.69. The number of benzene rings is 1. The summed E-state index contributed by atoms with van der Waals surface area (Å²) < 4.78 is 5.31. The summed E-state index contributed by atoms with van der Waals surface area (Å²) in [6.07, 6.45) is 1.54. The fraction of sp³-hybridized carbons (Fsp3) is 0.333. The Balaban J connectivity index is 2.11. The van der Waals surface area contributed by atoms with Crippen LogP contribution in [-0.4, -0.2) is 23.6 Å². The average Bonchev–Trinajstić information content (AvgIpc) is 2.46. The summed E-state index contributed by atoms with van der Waals surface area (Å²) in [4.78, 5) is 8.42. The zero-order chi connectivity index (χ0) is 14.4. The van der Waals surface area contributed by atoms with Crippen molar-refractivity contribution in [3.05, 3.63) is 36.7 Å². The molecule has 1 heterocycles. The van der Waals surface area contributed by atoms with Crippen molar-refractivity contribution >= 4 is 17.3 Å². The second kappa shape index (κ2) is 6.75. The Bertz CT molecular complexity index is 557. The first kappa shape index (κ1) is 14.1. The zero-order valence-corrected chi connectivity index (χ0v) is 12.1. The minimum absolute atomic E-state index is 0.565. The van der Waals surface area contributed by atoms with E-state index in [9.17, 15) is 0 Å². The van der Waals surface area contributed by atoms with E-state index in [4.69, 9.17) is 4.74 Å². The number of para-hydroxylation sites is 2. The van der Waals surface area contributed by atoms with Crippen molar-refractivity contribution in [2.75, 3.05) is 24.3 Å². The predicted octanol–water partition coefficient (Wildman–Crippen LogP) is 3.30. The van der Waals surface area contributed by atoms with Crippen LogP contribution in [0.5, 0.6) is 5.75 Å². The molecule has 0 aliphatic heterocycles. The SMILES string of the molecule is COc1ccccc1Nc1cc(NCC(C)C)ncn1. The molecule has 0 spiro atoms. The Morgan fingerprint density at radius 2 is 1.90 bits per heavy atom. The Labute approximate surface area is 119 Å². The van der Waals surface area contributed by atoms with E-state index in [0.717, 1.165) is 29.6 Å². The van der Waals surface area contributed by atoms with E-state index in [2.05, 4.69) is 34.4 Å². The lowest BCUT2D eigenvalue weighted by Crippen LogP contribution is -2.09. The van der Waals surface area contributed by atoms with Gasteiger partial charge in [0.15, 0.2) is 0 Å². The highest BCUT2D eigenvalue weighted by Gasteiger charge is 2.04. The minimum Gasteiger partial charge on any atom is -0.495 e. The highest BCUT2D eigenvalue weighted by atomic mass is 16.5. The number of hydrogen-bond donors (Lipinski definition) is 2. The van der Waals surface area contributed by atoms with E-state index in [0.29, 0.717) is 5.92 Å². The van der Waals surface area contributed by atoms with Crippen LogP contribution in [-0.2, 0) is 0 Å². The van der Waals surface area contributed by atoms with Gasteiger partial charge < -0.3 is 15.4 Å². The zero-order valence-electron chi connectivity index (χ0n) is 12.1. The van der Waals surface area contributed by atoms with E-state index < -0.39 is 0 Å². The molecule has 1 aromatic heterocycles. The van der Waals surface area contributed by atoms with Crippen molar-refractivity contribution in [1.29, 1.82) is 0 Å². The van der Waals surface area contributed by atoms with Gasteiger partial charge in [-0.25, -0.2) is 9.97 Å². The molecule has 0 fully saturated rings. The van der Waals surface area contributed by atoms with Gasteiger partial charge in [-0.3, -0.25) is 0 Å². The Hall–Kier alpha value is -2.30. The number of nitrogens with zero attached hydrogens (tertiary/aromatic N) is 2. The van der Waals surface area contributed by atoms with Crippen LogP contribution in [0.1, 0.15) is 13.8 Å². The number of methoxy groups -OCH3 is 1. The molecule has 2 N–H and O–H groups in total. The monoisotopic (exact) mass is 272 g/mol. The van der Waals surface area contributed by atoms with Gasteiger partial charge in [-0.1, -0.05) is 26.0 Å². The Kier molecular flexibility index (Phi) is 4.76. The molecule has 2 aromatic rings. The third-order valence-corrected chi connectivity index (χ3v) is 2.73. The van der Waals surface area contributed by atoms with Crippen LogP contribution in [0.2, 0.25) is 0 Å². The van der Waals surface area contributed by atoms with Crippen LogP contribution in [0.3, 0.4) is 0 Å². The molecule has 0 aliphatic rings. The molecule has 20 heavy (non-hydrogen) atoms. The molecular formula is C15H20N4O. The van der Waals surface area contributed by atoms with Crippen molar-refractivity contribution < 1.29 is 4.74 Å². The lowest BCUT2D eigenvalue weighted by Gasteiger charge is -2.12. The lowest BCUT2D eigenvalue weighted by atomic mass is 10.2. The second-order valence-electron chi connectivity index (χ2n) is 4.89. The molecule has 0 saturated carbocycles. The summed E-state index contributed by atoms with van der Waals surface area (Å²) in [6, 6.07) is 9.61. The predicted molar refractivity (Wildman–Crippen MR) is 81.6 cm³/mol. The molecule has 0 atom stereocenters. The van der Waals surface area contributed by atoms with E-state index in [1.54, 1.807) is 13.4 Å². The van der Waals surface area contributed by atoms with Crippen LogP contribution in [0.15, 0.2) is 36.7 Å². The number of hydrogen-bond acceptors (Lipinski definition) is 5. The lowest BCUT2D eigenvalue weighted by molar-refractivity contribution is 0.417. The molecular weight excluding hydrogens is 252 g/mol. The highest BCUT2D eigenvalue weighted by Crippen LogP contribution is 2.26. The Morgan fingerprint density at radius 3 is 2.65 bits per heavy atom. The van der Waals surface area contributed by atoms with Crippen LogP contribution in [0, 0.1) is 5.92 Å². The van der Waals surface area contributed by atoms with Gasteiger partial charge in [0.05, 0.1) is 12.8 Å². The summed E-state index contributed by atoms with van der Waals surface area (Å²) in [5.74, 6) is 2.89. The molecule has 2 rings (SSSR count). The largest absolute Gasteiger partial charge is 0.495 e. The van der Waals surface area contributed by atoms with E-state index >= 15 is 0 Å². The van der Waals surface area contributed by atoms with Crippen molar-refractivity contribution in [2.45, 2.75) is 13.8 Å². The van der Waals surface area contributed by atoms with Gasteiger partial charge in [-0.2, -0.15) is 0 Å². The van der Waals surface area contributed by atoms with Gasteiger partial charge in [-0.15, -0.1) is 0 Å². The number of rotatable bonds is 6. The fourth-order valence-electron chi connectivity index (χ4n) is 1.72. The maximum absolute atomic E-state index is 5.31. The van der Waals surface area contributed by atoms with Crippen LogP contribution in [0.25, 0.3) is 0 Å². The standard InChI is InChI=1S/C15H20N4O/c1-11(2)9-16-14-8-15(18-10-17-14)19-12-6-4-5-7-13(12)20-3/h4-8,10-11H,9H2,1-3H3,(H2,16,17,18,19). The summed E-state index contributed by atoms with van der Waals surface area (Å²) >= 11 is 0. The average molecular weight is 272 g/mol. The molecule has 0 saturated heterocycles. The smallest absolute Gasteiger partial charge is 0.142 e. The number of ether oxygens (including phenoxy) is 1. The highest BCUT2D eigenvalue weighted by molar-refractivity contribution is 5.65. The van der Waals surface area contributed by atoms with Crippen LogP contribution >= 0.6 is 0 Å². The quantitative estimate of drug-likeness (QED) is 0.845. The topological polar surface area (TPSA) is 59.1 Å². The van der Waals surface area contributed by atoms with Gasteiger partial charge in [-0.05, 0) is 18.1 Å². The first-order valence-electron chi connectivity index (χ1n) is 6.65. The maximum Gasteiger partial charge on any atom is 0.142 e. The summed E-state index contributed by atoms with van der Waals surface area (Å²) in [5.41, 5.74) is 0.878. The van der Waals surface area contributed by atoms with E-state index in [1.807, 2.05) is 30.3 Å². The van der Waals surface area contributed by atoms with Crippen molar-refractivity contribution in [3.63, 3.8) is 0 Å². The summed E-state index contributed by atoms with van der Waals surface area (Å²) in [7, 11) is 1.65. The van der Waals surface area contributed by atoms with Gasteiger partial charge in [0.1, 0.15) is 23.7 Å². The number of aromatic nitrogens is 2. The number of nitrogens with one attached hydrogen (secondary N) is 2. The summed E-state index contributed by atoms with van der Waals surface area (Å²) in [5, 5.41) is 6.51. The van der Waals surface area contributed by atoms with Crippen molar-refractivity contribution in [3.8, 4) is 5.75 Å². The van der Waals surface area contributed by atoms with Gasteiger partial charge in [0, 0.05) is 12.6 Å². The van der Waals surface area contributed by atoms with Gasteiger partial charge >= 0.3 is 0 Å². The molecule has 106 valence electrons. The second-order valence-corrected chi connectivity index (χ2v) is 4.89. The Morgan fingerprint density at radius 1 is 1.15 bits per heavy atom. The van der Waals surface area contributed by atoms with Crippen molar-refractivity contribution in [2.24, 2.45) is 5.92 Å². The molecule has 1 aromatic carbocycles. The maximum atomic E-state index is 5.31. The van der Waals surface area contributed by atoms with Crippen LogP contribution in [0.4, 0.5) is 17.3 Å². The third-order valence-electron chi connectivity index (χ3n) is 2.73. The molecule has 0 bridgehead atoms. The van der Waals surface area contributed by atoms with Crippen LogP contribution < -0.4 is 15.4 Å².